The summed E-state index contributed by atoms with van der Waals surface area (Å²) in [6.45, 7) is 1.79. The van der Waals surface area contributed by atoms with E-state index in [0.717, 1.165) is 0 Å². The highest BCUT2D eigenvalue weighted by atomic mass is 35.5. The zero-order valence-corrected chi connectivity index (χ0v) is 14.6. The normalized spacial score (nSPS) is 10.4. The summed E-state index contributed by atoms with van der Waals surface area (Å²) in [4.78, 5) is 24.9. The molecule has 3 rings (SSSR count). The fourth-order valence-corrected chi connectivity index (χ4v) is 2.71. The van der Waals surface area contributed by atoms with Crippen LogP contribution in [0.3, 0.4) is 0 Å². The van der Waals surface area contributed by atoms with Crippen molar-refractivity contribution in [3.05, 3.63) is 70.2 Å². The Bertz CT molecular complexity index is 912. The van der Waals surface area contributed by atoms with E-state index < -0.39 is 5.91 Å². The molecule has 0 aliphatic heterocycles. The summed E-state index contributed by atoms with van der Waals surface area (Å²) in [6.07, 6.45) is 3.22. The van der Waals surface area contributed by atoms with Crippen molar-refractivity contribution in [2.24, 2.45) is 0 Å². The third-order valence-electron chi connectivity index (χ3n) is 3.24. The Labute approximate surface area is 154 Å². The number of carbonyl (C=O) groups is 1. The number of hydrogen-bond donors (Lipinski definition) is 2. The highest BCUT2D eigenvalue weighted by Gasteiger charge is 2.14. The van der Waals surface area contributed by atoms with Crippen molar-refractivity contribution in [3.8, 4) is 0 Å². The number of benzene rings is 1. The summed E-state index contributed by atoms with van der Waals surface area (Å²) < 4.78 is 0. The van der Waals surface area contributed by atoms with Crippen LogP contribution in [-0.2, 0) is 0 Å². The Hall–Kier alpha value is -2.70. The number of amides is 1. The fraction of sp³-hybridized carbons (Fsp3) is 0.0588. The van der Waals surface area contributed by atoms with Gasteiger partial charge in [0.1, 0.15) is 17.5 Å². The molecule has 0 unspecified atom stereocenters. The molecular weight excluding hydrogens is 361 g/mol. The summed E-state index contributed by atoms with van der Waals surface area (Å²) >= 11 is 12.1. The minimum Gasteiger partial charge on any atom is -0.325 e. The summed E-state index contributed by atoms with van der Waals surface area (Å²) in [5.41, 5.74) is 0.771. The van der Waals surface area contributed by atoms with Crippen molar-refractivity contribution < 1.29 is 4.79 Å². The predicted molar refractivity (Wildman–Crippen MR) is 98.7 cm³/mol. The van der Waals surface area contributed by atoms with Crippen molar-refractivity contribution in [2.45, 2.75) is 6.92 Å². The van der Waals surface area contributed by atoms with Crippen molar-refractivity contribution in [1.82, 2.24) is 15.0 Å². The number of nitrogens with one attached hydrogen (secondary N) is 2. The summed E-state index contributed by atoms with van der Waals surface area (Å²) in [5.74, 6) is 1.38. The molecule has 0 aliphatic carbocycles. The van der Waals surface area contributed by atoms with Crippen LogP contribution in [0.15, 0.2) is 48.8 Å². The van der Waals surface area contributed by atoms with Gasteiger partial charge in [-0.1, -0.05) is 29.3 Å². The minimum absolute atomic E-state index is 0.226. The Morgan fingerprint density at radius 3 is 2.44 bits per heavy atom. The van der Waals surface area contributed by atoms with Crippen molar-refractivity contribution in [2.75, 3.05) is 10.6 Å². The second-order valence-electron chi connectivity index (χ2n) is 5.09. The minimum atomic E-state index is -0.398. The first-order valence-corrected chi connectivity index (χ1v) is 8.06. The first-order valence-electron chi connectivity index (χ1n) is 7.31. The van der Waals surface area contributed by atoms with E-state index in [0.29, 0.717) is 23.1 Å². The highest BCUT2D eigenvalue weighted by Crippen LogP contribution is 2.25. The van der Waals surface area contributed by atoms with Gasteiger partial charge in [0.05, 0.1) is 15.6 Å². The van der Waals surface area contributed by atoms with E-state index in [9.17, 15) is 4.79 Å². The average Bonchev–Trinajstić information content (AvgIpc) is 2.55. The summed E-state index contributed by atoms with van der Waals surface area (Å²) in [7, 11) is 0. The van der Waals surface area contributed by atoms with Crippen LogP contribution in [0.1, 0.15) is 16.2 Å². The lowest BCUT2D eigenvalue weighted by atomic mass is 10.2. The van der Waals surface area contributed by atoms with Gasteiger partial charge in [0, 0.05) is 24.1 Å². The average molecular weight is 374 g/mol. The zero-order valence-electron chi connectivity index (χ0n) is 13.1. The second-order valence-corrected chi connectivity index (χ2v) is 5.91. The molecule has 25 heavy (non-hydrogen) atoms. The van der Waals surface area contributed by atoms with Crippen molar-refractivity contribution in [3.63, 3.8) is 0 Å². The third kappa shape index (κ3) is 4.23. The second kappa shape index (κ2) is 7.46. The maximum absolute atomic E-state index is 12.4. The Morgan fingerprint density at radius 2 is 1.72 bits per heavy atom. The molecule has 6 nitrogen and oxygen atoms in total. The quantitative estimate of drug-likeness (QED) is 0.704. The molecule has 3 aromatic rings. The van der Waals surface area contributed by atoms with Gasteiger partial charge >= 0.3 is 0 Å². The summed E-state index contributed by atoms with van der Waals surface area (Å²) in [6, 6.07) is 9.97. The molecule has 0 saturated heterocycles. The van der Waals surface area contributed by atoms with Crippen LogP contribution in [0, 0.1) is 6.92 Å². The molecule has 1 aromatic carbocycles. The zero-order chi connectivity index (χ0) is 17.8. The van der Waals surface area contributed by atoms with Gasteiger partial charge in [-0.05, 0) is 31.2 Å². The van der Waals surface area contributed by atoms with Gasteiger partial charge in [0.25, 0.3) is 5.91 Å². The number of aryl methyl sites for hydroxylation is 1. The van der Waals surface area contributed by atoms with Crippen LogP contribution in [-0.4, -0.2) is 20.9 Å². The van der Waals surface area contributed by atoms with E-state index in [1.54, 1.807) is 55.7 Å². The number of aromatic nitrogens is 3. The Morgan fingerprint density at radius 1 is 1.00 bits per heavy atom. The first kappa shape index (κ1) is 17.1. The largest absolute Gasteiger partial charge is 0.325 e. The van der Waals surface area contributed by atoms with Gasteiger partial charge < -0.3 is 10.6 Å². The number of pyridine rings is 1. The SMILES string of the molecule is Cc1nccc(Nc2cc(NC(=O)c3c(Cl)cccc3Cl)ccn2)n1. The lowest BCUT2D eigenvalue weighted by molar-refractivity contribution is 0.102. The topological polar surface area (TPSA) is 79.8 Å². The van der Waals surface area contributed by atoms with E-state index in [1.165, 1.54) is 0 Å². The lowest BCUT2D eigenvalue weighted by Crippen LogP contribution is -2.13. The molecule has 2 heterocycles. The van der Waals surface area contributed by atoms with Gasteiger partial charge in [-0.15, -0.1) is 0 Å². The molecule has 0 spiro atoms. The number of carbonyl (C=O) groups excluding carboxylic acids is 1. The molecule has 0 aliphatic rings. The molecule has 8 heteroatoms. The molecule has 126 valence electrons. The molecule has 0 saturated carbocycles. The fourth-order valence-electron chi connectivity index (χ4n) is 2.14. The standard InChI is InChI=1S/C17H13Cl2N5O/c1-10-20-8-6-14(22-10)24-15-9-11(5-7-21-15)23-17(25)16-12(18)3-2-4-13(16)19/h2-9H,1H3,(H2,20,21,22,23,24,25). The van der Waals surface area contributed by atoms with E-state index in [1.807, 2.05) is 0 Å². The maximum Gasteiger partial charge on any atom is 0.258 e. The van der Waals surface area contributed by atoms with Crippen LogP contribution in [0.4, 0.5) is 17.3 Å². The molecule has 0 fully saturated rings. The van der Waals surface area contributed by atoms with Crippen LogP contribution in [0.2, 0.25) is 10.0 Å². The molecule has 0 radical (unpaired) electrons. The molecule has 0 bridgehead atoms. The van der Waals surface area contributed by atoms with Crippen molar-refractivity contribution in [1.29, 1.82) is 0 Å². The van der Waals surface area contributed by atoms with Crippen molar-refractivity contribution >= 4 is 46.4 Å². The number of rotatable bonds is 4. The smallest absolute Gasteiger partial charge is 0.258 e. The van der Waals surface area contributed by atoms with Gasteiger partial charge in [-0.25, -0.2) is 15.0 Å². The number of halogens is 2. The predicted octanol–water partition coefficient (Wildman–Crippen LogP) is 4.48. The van der Waals surface area contributed by atoms with E-state index in [4.69, 9.17) is 23.2 Å². The highest BCUT2D eigenvalue weighted by molar-refractivity contribution is 6.40. The van der Waals surface area contributed by atoms with E-state index in [2.05, 4.69) is 25.6 Å². The first-order chi connectivity index (χ1) is 12.0. The van der Waals surface area contributed by atoms with E-state index >= 15 is 0 Å². The van der Waals surface area contributed by atoms with Gasteiger partial charge in [-0.3, -0.25) is 4.79 Å². The Kier molecular flexibility index (Phi) is 5.11. The monoisotopic (exact) mass is 373 g/mol. The number of nitrogens with zero attached hydrogens (tertiary/aromatic N) is 3. The molecular formula is C17H13Cl2N5O. The van der Waals surface area contributed by atoms with Crippen LogP contribution >= 0.6 is 23.2 Å². The number of anilines is 3. The van der Waals surface area contributed by atoms with E-state index in [-0.39, 0.29) is 15.6 Å². The molecule has 0 atom stereocenters. The Balaban J connectivity index is 1.79. The molecule has 2 aromatic heterocycles. The van der Waals surface area contributed by atoms with Crippen LogP contribution < -0.4 is 10.6 Å². The number of hydrogen-bond acceptors (Lipinski definition) is 5. The molecule has 2 N–H and O–H groups in total. The lowest BCUT2D eigenvalue weighted by Gasteiger charge is -2.10. The van der Waals surface area contributed by atoms with Crippen LogP contribution in [0.5, 0.6) is 0 Å². The maximum atomic E-state index is 12.4. The van der Waals surface area contributed by atoms with Crippen LogP contribution in [0.25, 0.3) is 0 Å². The summed E-state index contributed by atoms with van der Waals surface area (Å²) in [5, 5.41) is 6.38. The van der Waals surface area contributed by atoms with Gasteiger partial charge in [-0.2, -0.15) is 0 Å². The van der Waals surface area contributed by atoms with Gasteiger partial charge in [0.2, 0.25) is 0 Å². The molecule has 1 amide bonds. The third-order valence-corrected chi connectivity index (χ3v) is 3.87. The van der Waals surface area contributed by atoms with Gasteiger partial charge in [0.15, 0.2) is 0 Å².